The topological polar surface area (TPSA) is 64.3 Å². The average molecular weight is 221 g/mol. The summed E-state index contributed by atoms with van der Waals surface area (Å²) in [7, 11) is 0. The zero-order chi connectivity index (χ0) is 11.7. The molecule has 0 aliphatic carbocycles. The second kappa shape index (κ2) is 4.25. The van der Waals surface area contributed by atoms with Crippen molar-refractivity contribution in [1.82, 2.24) is 10.2 Å². The lowest BCUT2D eigenvalue weighted by molar-refractivity contribution is 0.00944. The Hall–Kier alpha value is -1.36. The van der Waals surface area contributed by atoms with E-state index in [1.165, 1.54) is 0 Å². The maximum atomic E-state index is 5.65. The van der Waals surface area contributed by atoms with Crippen molar-refractivity contribution < 1.29 is 4.74 Å². The van der Waals surface area contributed by atoms with Crippen LogP contribution in [0.25, 0.3) is 0 Å². The van der Waals surface area contributed by atoms with Crippen LogP contribution in [-0.2, 0) is 4.74 Å². The van der Waals surface area contributed by atoms with E-state index in [1.807, 2.05) is 0 Å². The van der Waals surface area contributed by atoms with Crippen LogP contribution in [0.15, 0.2) is 6.07 Å². The molecule has 2 rings (SSSR count). The lowest BCUT2D eigenvalue weighted by atomic mass is 10.1. The Labute approximate surface area is 95.6 Å². The highest BCUT2D eigenvalue weighted by Crippen LogP contribution is 2.24. The Bertz CT molecular complexity index is 354. The van der Waals surface area contributed by atoms with E-state index in [4.69, 9.17) is 10.5 Å². The molecule has 1 aliphatic heterocycles. The number of hydrogen-bond donors (Lipinski definition) is 1. The summed E-state index contributed by atoms with van der Waals surface area (Å²) in [5.74, 6) is 1.13. The van der Waals surface area contributed by atoms with Gasteiger partial charge < -0.3 is 15.4 Å². The highest BCUT2D eigenvalue weighted by Gasteiger charge is 2.31. The van der Waals surface area contributed by atoms with Gasteiger partial charge in [-0.05, 0) is 26.8 Å². The van der Waals surface area contributed by atoms with Gasteiger partial charge in [-0.3, -0.25) is 0 Å². The normalized spacial score (nSPS) is 30.4. The van der Waals surface area contributed by atoms with Crippen LogP contribution in [0, 0.1) is 6.07 Å². The molecule has 1 fully saturated rings. The molecule has 1 aliphatic rings. The standard InChI is InChI=1S/C11H17N4O/c1-7-6-16-9(3)8(2)15(7)11-5-4-10(12)13-14-11/h5,7-9H,6H2,1-3H3,(H2,12,13). The summed E-state index contributed by atoms with van der Waals surface area (Å²) >= 11 is 0. The molecule has 1 radical (unpaired) electrons. The van der Waals surface area contributed by atoms with Crippen molar-refractivity contribution >= 4 is 11.6 Å². The van der Waals surface area contributed by atoms with Crippen molar-refractivity contribution in [3.05, 3.63) is 12.1 Å². The summed E-state index contributed by atoms with van der Waals surface area (Å²) in [6, 6.07) is 5.22. The molecule has 0 bridgehead atoms. The fourth-order valence-electron chi connectivity index (χ4n) is 2.00. The molecule has 1 aromatic heterocycles. The lowest BCUT2D eigenvalue weighted by Gasteiger charge is -2.43. The molecule has 0 amide bonds. The van der Waals surface area contributed by atoms with Gasteiger partial charge in [0, 0.05) is 6.07 Å². The van der Waals surface area contributed by atoms with Crippen LogP contribution in [0.3, 0.4) is 0 Å². The molecule has 1 saturated heterocycles. The third kappa shape index (κ3) is 1.95. The van der Waals surface area contributed by atoms with Crippen molar-refractivity contribution in [2.75, 3.05) is 17.2 Å². The van der Waals surface area contributed by atoms with E-state index in [-0.39, 0.29) is 18.2 Å². The van der Waals surface area contributed by atoms with Gasteiger partial charge in [0.1, 0.15) is 0 Å². The molecule has 16 heavy (non-hydrogen) atoms. The first kappa shape index (κ1) is 11.1. The van der Waals surface area contributed by atoms with E-state index in [1.54, 1.807) is 6.07 Å². The van der Waals surface area contributed by atoms with E-state index in [0.29, 0.717) is 12.4 Å². The van der Waals surface area contributed by atoms with Gasteiger partial charge in [0.05, 0.1) is 24.8 Å². The first-order chi connectivity index (χ1) is 7.59. The number of anilines is 2. The van der Waals surface area contributed by atoms with Crippen LogP contribution >= 0.6 is 0 Å². The summed E-state index contributed by atoms with van der Waals surface area (Å²) in [5, 5.41) is 7.94. The monoisotopic (exact) mass is 221 g/mol. The quantitative estimate of drug-likeness (QED) is 0.762. The maximum Gasteiger partial charge on any atom is 0.154 e. The minimum absolute atomic E-state index is 0.190. The van der Waals surface area contributed by atoms with E-state index < -0.39 is 0 Å². The largest absolute Gasteiger partial charge is 0.382 e. The molecule has 3 unspecified atom stereocenters. The Kier molecular flexibility index (Phi) is 2.96. The lowest BCUT2D eigenvalue weighted by Crippen LogP contribution is -2.54. The zero-order valence-corrected chi connectivity index (χ0v) is 9.84. The summed E-state index contributed by atoms with van der Waals surface area (Å²) in [6.45, 7) is 7.01. The summed E-state index contributed by atoms with van der Waals surface area (Å²) in [6.07, 6.45) is 0.190. The third-order valence-corrected chi connectivity index (χ3v) is 3.07. The van der Waals surface area contributed by atoms with Gasteiger partial charge in [-0.2, -0.15) is 0 Å². The van der Waals surface area contributed by atoms with E-state index in [0.717, 1.165) is 5.82 Å². The number of rotatable bonds is 1. The highest BCUT2D eigenvalue weighted by atomic mass is 16.5. The Balaban J connectivity index is 2.26. The van der Waals surface area contributed by atoms with Gasteiger partial charge in [0.2, 0.25) is 0 Å². The van der Waals surface area contributed by atoms with Gasteiger partial charge in [0.25, 0.3) is 0 Å². The second-order valence-electron chi connectivity index (χ2n) is 4.27. The van der Waals surface area contributed by atoms with E-state index in [2.05, 4.69) is 41.9 Å². The van der Waals surface area contributed by atoms with Gasteiger partial charge in [0.15, 0.2) is 11.6 Å². The van der Waals surface area contributed by atoms with Crippen LogP contribution in [0.4, 0.5) is 11.6 Å². The van der Waals surface area contributed by atoms with Crippen molar-refractivity contribution in [2.24, 2.45) is 0 Å². The number of nitrogen functional groups attached to an aromatic ring is 1. The van der Waals surface area contributed by atoms with Gasteiger partial charge in [-0.25, -0.2) is 0 Å². The van der Waals surface area contributed by atoms with Crippen molar-refractivity contribution in [3.63, 3.8) is 0 Å². The SMILES string of the molecule is CC1OCC(C)N(c2c[c]c(N)nn2)C1C. The molecular weight excluding hydrogens is 204 g/mol. The Morgan fingerprint density at radius 3 is 2.81 bits per heavy atom. The second-order valence-corrected chi connectivity index (χ2v) is 4.27. The Morgan fingerprint density at radius 2 is 2.19 bits per heavy atom. The van der Waals surface area contributed by atoms with Crippen molar-refractivity contribution in [3.8, 4) is 0 Å². The van der Waals surface area contributed by atoms with Crippen LogP contribution in [-0.4, -0.2) is 35.0 Å². The van der Waals surface area contributed by atoms with Crippen LogP contribution < -0.4 is 10.6 Å². The maximum absolute atomic E-state index is 5.65. The van der Waals surface area contributed by atoms with E-state index >= 15 is 0 Å². The summed E-state index contributed by atoms with van der Waals surface area (Å²) < 4.78 is 5.65. The number of nitrogens with zero attached hydrogens (tertiary/aromatic N) is 3. The molecule has 0 aromatic carbocycles. The van der Waals surface area contributed by atoms with Crippen LogP contribution in [0.2, 0.25) is 0 Å². The molecule has 0 spiro atoms. The van der Waals surface area contributed by atoms with Crippen LogP contribution in [0.1, 0.15) is 20.8 Å². The number of morpholine rings is 1. The first-order valence-electron chi connectivity index (χ1n) is 5.50. The van der Waals surface area contributed by atoms with Crippen LogP contribution in [0.5, 0.6) is 0 Å². The highest BCUT2D eigenvalue weighted by molar-refractivity contribution is 5.43. The molecule has 0 saturated carbocycles. The number of nitrogens with two attached hydrogens (primary N) is 1. The molecule has 87 valence electrons. The van der Waals surface area contributed by atoms with E-state index in [9.17, 15) is 0 Å². The average Bonchev–Trinajstić information content (AvgIpc) is 2.27. The third-order valence-electron chi connectivity index (χ3n) is 3.07. The van der Waals surface area contributed by atoms with Gasteiger partial charge in [-0.1, -0.05) is 0 Å². The minimum Gasteiger partial charge on any atom is -0.382 e. The Morgan fingerprint density at radius 1 is 1.44 bits per heavy atom. The number of hydrogen-bond acceptors (Lipinski definition) is 5. The van der Waals surface area contributed by atoms with Crippen molar-refractivity contribution in [2.45, 2.75) is 39.0 Å². The summed E-state index contributed by atoms with van der Waals surface area (Å²) in [4.78, 5) is 2.21. The molecule has 2 N–H and O–H groups in total. The fourth-order valence-corrected chi connectivity index (χ4v) is 2.00. The molecule has 5 heteroatoms. The molecule has 2 heterocycles. The fraction of sp³-hybridized carbons (Fsp3) is 0.636. The molecular formula is C11H17N4O. The van der Waals surface area contributed by atoms with Crippen molar-refractivity contribution in [1.29, 1.82) is 0 Å². The molecule has 5 nitrogen and oxygen atoms in total. The predicted octanol–water partition coefficient (Wildman–Crippen LogP) is 0.861. The minimum atomic E-state index is 0.190. The molecule has 1 aromatic rings. The van der Waals surface area contributed by atoms with Gasteiger partial charge in [-0.15, -0.1) is 10.2 Å². The predicted molar refractivity (Wildman–Crippen MR) is 62.1 cm³/mol. The zero-order valence-electron chi connectivity index (χ0n) is 9.84. The smallest absolute Gasteiger partial charge is 0.154 e. The van der Waals surface area contributed by atoms with Gasteiger partial charge >= 0.3 is 0 Å². The number of ether oxygens (including phenoxy) is 1. The molecule has 3 atom stereocenters. The summed E-state index contributed by atoms with van der Waals surface area (Å²) in [5.41, 5.74) is 5.48. The number of aromatic nitrogens is 2. The first-order valence-corrected chi connectivity index (χ1v) is 5.50.